The lowest BCUT2D eigenvalue weighted by Gasteiger charge is -2.19. The van der Waals surface area contributed by atoms with E-state index in [1.165, 1.54) is 23.5 Å². The maximum atomic E-state index is 13.0. The van der Waals surface area contributed by atoms with E-state index in [0.717, 1.165) is 32.3 Å². The summed E-state index contributed by atoms with van der Waals surface area (Å²) in [6.07, 6.45) is 3.00. The van der Waals surface area contributed by atoms with E-state index in [1.54, 1.807) is 0 Å². The van der Waals surface area contributed by atoms with Crippen LogP contribution in [0.25, 0.3) is 66.0 Å². The van der Waals surface area contributed by atoms with Crippen LogP contribution in [0.4, 0.5) is 0 Å². The van der Waals surface area contributed by atoms with Crippen molar-refractivity contribution in [2.24, 2.45) is 0 Å². The molecule has 0 saturated heterocycles. The molecule has 0 N–H and O–H groups in total. The van der Waals surface area contributed by atoms with Crippen LogP contribution in [0.5, 0.6) is 0 Å². The predicted molar refractivity (Wildman–Crippen MR) is 177 cm³/mol. The number of benzene rings is 4. The van der Waals surface area contributed by atoms with Crippen LogP contribution in [0, 0.1) is 0 Å². The topological polar surface area (TPSA) is 86.2 Å². The average molecular weight is 581 g/mol. The summed E-state index contributed by atoms with van der Waals surface area (Å²) in [6.45, 7) is 13.1. The zero-order valence-electron chi connectivity index (χ0n) is 25.6. The molecule has 0 aliphatic rings. The van der Waals surface area contributed by atoms with Gasteiger partial charge in [-0.15, -0.1) is 0 Å². The van der Waals surface area contributed by atoms with E-state index in [9.17, 15) is 9.59 Å². The number of hydrogen-bond acceptors (Lipinski definition) is 6. The molecule has 0 atom stereocenters. The van der Waals surface area contributed by atoms with Gasteiger partial charge in [0, 0.05) is 10.8 Å². The van der Waals surface area contributed by atoms with E-state index in [1.807, 2.05) is 36.4 Å². The molecule has 218 valence electrons. The molecule has 0 spiro atoms. The van der Waals surface area contributed by atoms with Gasteiger partial charge in [0.05, 0.1) is 34.9 Å². The summed E-state index contributed by atoms with van der Waals surface area (Å²) >= 11 is 0. The largest absolute Gasteiger partial charge is 0.422 e. The summed E-state index contributed by atoms with van der Waals surface area (Å²) in [6, 6.07) is 24.0. The van der Waals surface area contributed by atoms with E-state index < -0.39 is 11.3 Å². The van der Waals surface area contributed by atoms with Crippen LogP contribution >= 0.6 is 0 Å². The Hall–Kier alpha value is -5.10. The zero-order chi connectivity index (χ0) is 31.0. The molecule has 0 saturated carbocycles. The first-order valence-electron chi connectivity index (χ1n) is 14.7. The Bertz CT molecular complexity index is 2220. The smallest absolute Gasteiger partial charge is 0.345 e. The quantitative estimate of drug-likeness (QED) is 0.150. The molecular weight excluding hydrogens is 548 g/mol. The summed E-state index contributed by atoms with van der Waals surface area (Å²) in [4.78, 5) is 35.1. The summed E-state index contributed by atoms with van der Waals surface area (Å²) in [5.41, 5.74) is 3.81. The first kappa shape index (κ1) is 27.7. The molecule has 0 aliphatic heterocycles. The van der Waals surface area contributed by atoms with Gasteiger partial charge >= 0.3 is 11.3 Å². The molecule has 0 fully saturated rings. The van der Waals surface area contributed by atoms with Gasteiger partial charge in [-0.3, -0.25) is 9.97 Å². The zero-order valence-corrected chi connectivity index (χ0v) is 25.6. The fourth-order valence-corrected chi connectivity index (χ4v) is 5.76. The number of nitrogens with zero attached hydrogens (tertiary/aromatic N) is 2. The van der Waals surface area contributed by atoms with Gasteiger partial charge in [0.1, 0.15) is 11.2 Å². The molecule has 6 heteroatoms. The second-order valence-electron chi connectivity index (χ2n) is 13.5. The Kier molecular flexibility index (Phi) is 6.12. The molecule has 7 rings (SSSR count). The fraction of sp³-hybridized carbons (Fsp3) is 0.211. The van der Waals surface area contributed by atoms with Gasteiger partial charge in [-0.05, 0) is 67.8 Å². The maximum absolute atomic E-state index is 13.0. The van der Waals surface area contributed by atoms with Crippen LogP contribution in [0.15, 0.2) is 104 Å². The molecule has 0 aliphatic carbocycles. The normalized spacial score (nSPS) is 12.5. The van der Waals surface area contributed by atoms with Crippen LogP contribution in [0.2, 0.25) is 0 Å². The van der Waals surface area contributed by atoms with E-state index >= 15 is 0 Å². The van der Waals surface area contributed by atoms with Crippen LogP contribution in [-0.4, -0.2) is 9.97 Å². The third-order valence-corrected chi connectivity index (χ3v) is 8.40. The lowest BCUT2D eigenvalue weighted by molar-refractivity contribution is 0.562. The highest BCUT2D eigenvalue weighted by Gasteiger charge is 2.18. The summed E-state index contributed by atoms with van der Waals surface area (Å²) in [5.74, 6) is 0. The second-order valence-corrected chi connectivity index (χ2v) is 13.5. The third-order valence-electron chi connectivity index (χ3n) is 8.40. The number of fused-ring (bicyclic) bond motifs is 6. The van der Waals surface area contributed by atoms with Gasteiger partial charge < -0.3 is 8.83 Å². The molecule has 4 aromatic carbocycles. The molecule has 6 nitrogen and oxygen atoms in total. The van der Waals surface area contributed by atoms with E-state index in [-0.39, 0.29) is 10.8 Å². The van der Waals surface area contributed by atoms with Crippen LogP contribution in [0.1, 0.15) is 52.7 Å². The minimum atomic E-state index is -0.503. The number of rotatable bonds is 2. The Morgan fingerprint density at radius 3 is 1.27 bits per heavy atom. The van der Waals surface area contributed by atoms with E-state index in [4.69, 9.17) is 8.83 Å². The van der Waals surface area contributed by atoms with Gasteiger partial charge in [0.15, 0.2) is 0 Å². The van der Waals surface area contributed by atoms with Crippen molar-refractivity contribution in [3.63, 3.8) is 0 Å². The molecule has 7 aromatic rings. The Morgan fingerprint density at radius 1 is 0.500 bits per heavy atom. The predicted octanol–water partition coefficient (Wildman–Crippen LogP) is 8.92. The monoisotopic (exact) mass is 580 g/mol. The molecular formula is C38H32N2O4. The lowest BCUT2D eigenvalue weighted by Crippen LogP contribution is -2.10. The Labute approximate surface area is 254 Å². The average Bonchev–Trinajstić information content (AvgIpc) is 2.99. The highest BCUT2D eigenvalue weighted by atomic mass is 16.4. The summed E-state index contributed by atoms with van der Waals surface area (Å²) in [5, 5.41) is 5.74. The molecule has 0 amide bonds. The van der Waals surface area contributed by atoms with Crippen LogP contribution < -0.4 is 11.3 Å². The van der Waals surface area contributed by atoms with Crippen molar-refractivity contribution in [3.8, 4) is 22.5 Å². The van der Waals surface area contributed by atoms with Gasteiger partial charge in [-0.1, -0.05) is 90.1 Å². The van der Waals surface area contributed by atoms with Gasteiger partial charge in [0.25, 0.3) is 0 Å². The van der Waals surface area contributed by atoms with Crippen molar-refractivity contribution in [3.05, 3.63) is 117 Å². The van der Waals surface area contributed by atoms with Crippen molar-refractivity contribution in [2.75, 3.05) is 0 Å². The van der Waals surface area contributed by atoms with E-state index in [2.05, 4.69) is 87.9 Å². The highest BCUT2D eigenvalue weighted by molar-refractivity contribution is 6.07. The highest BCUT2D eigenvalue weighted by Crippen LogP contribution is 2.33. The van der Waals surface area contributed by atoms with Gasteiger partial charge in [0.2, 0.25) is 0 Å². The van der Waals surface area contributed by atoms with Crippen molar-refractivity contribution >= 4 is 43.5 Å². The van der Waals surface area contributed by atoms with Crippen LogP contribution in [-0.2, 0) is 10.8 Å². The van der Waals surface area contributed by atoms with Crippen molar-refractivity contribution in [2.45, 2.75) is 52.4 Å². The molecule has 0 unspecified atom stereocenters. The van der Waals surface area contributed by atoms with Gasteiger partial charge in [-0.2, -0.15) is 0 Å². The third kappa shape index (κ3) is 4.67. The van der Waals surface area contributed by atoms with Crippen molar-refractivity contribution in [1.29, 1.82) is 0 Å². The Balaban J connectivity index is 1.31. The van der Waals surface area contributed by atoms with Crippen molar-refractivity contribution < 1.29 is 8.83 Å². The standard InChI is InChI=1S/C38H32N2O4/c1-37(2,3)23-9-11-25-21(15-23)7-13-33-27(25)17-29(35(41)43-33)31-19-40-32(20-39-31)30-18-28-26-12-10-24(38(4,5)6)16-22(26)8-14-34(28)44-36(30)42/h7-20H,1-6H3. The molecule has 0 radical (unpaired) electrons. The first-order valence-corrected chi connectivity index (χ1v) is 14.7. The molecule has 44 heavy (non-hydrogen) atoms. The maximum Gasteiger partial charge on any atom is 0.345 e. The first-order chi connectivity index (χ1) is 20.9. The summed E-state index contributed by atoms with van der Waals surface area (Å²) < 4.78 is 11.4. The number of hydrogen-bond donors (Lipinski definition) is 0. The Morgan fingerprint density at radius 2 is 0.909 bits per heavy atom. The van der Waals surface area contributed by atoms with Crippen LogP contribution in [0.3, 0.4) is 0 Å². The molecule has 0 bridgehead atoms. The second kappa shape index (κ2) is 9.71. The summed E-state index contributed by atoms with van der Waals surface area (Å²) in [7, 11) is 0. The molecule has 3 aromatic heterocycles. The lowest BCUT2D eigenvalue weighted by atomic mass is 9.85. The molecule has 3 heterocycles. The SMILES string of the molecule is CC(C)(C)c1ccc2c(ccc3oc(=O)c(-c4cnc(-c5cc6c(ccc7cc(C(C)(C)C)ccc76)oc5=O)cn4)cc32)c1. The minimum Gasteiger partial charge on any atom is -0.422 e. The fourth-order valence-electron chi connectivity index (χ4n) is 5.76. The van der Waals surface area contributed by atoms with Gasteiger partial charge in [-0.25, -0.2) is 9.59 Å². The van der Waals surface area contributed by atoms with Crippen molar-refractivity contribution in [1.82, 2.24) is 9.97 Å². The van der Waals surface area contributed by atoms with E-state index in [0.29, 0.717) is 33.7 Å². The number of aromatic nitrogens is 2. The minimum absolute atomic E-state index is 0.0139.